The normalized spacial score (nSPS) is 10.5. The van der Waals surface area contributed by atoms with E-state index in [-0.39, 0.29) is 4.88 Å². The van der Waals surface area contributed by atoms with Crippen molar-refractivity contribution in [3.63, 3.8) is 0 Å². The summed E-state index contributed by atoms with van der Waals surface area (Å²) in [5.41, 5.74) is 3.25. The average molecular weight is 277 g/mol. The van der Waals surface area contributed by atoms with Gasteiger partial charge in [0.25, 0.3) is 0 Å². The van der Waals surface area contributed by atoms with Crippen LogP contribution in [-0.4, -0.2) is 23.2 Å². The smallest absolute Gasteiger partial charge is 0.348 e. The van der Waals surface area contributed by atoms with Crippen LogP contribution in [0.4, 0.5) is 0 Å². The number of methoxy groups -OCH3 is 1. The molecule has 0 spiro atoms. The van der Waals surface area contributed by atoms with Crippen LogP contribution in [-0.2, 0) is 0 Å². The molecule has 0 aliphatic heterocycles. The highest BCUT2D eigenvalue weighted by Crippen LogP contribution is 2.37. The number of aromatic carboxylic acids is 1. The van der Waals surface area contributed by atoms with E-state index in [0.717, 1.165) is 21.7 Å². The number of carboxylic acids is 1. The van der Waals surface area contributed by atoms with Gasteiger partial charge in [-0.2, -0.15) is 0 Å². The molecule has 2 aromatic rings. The lowest BCUT2D eigenvalue weighted by Crippen LogP contribution is -1.99. The summed E-state index contributed by atoms with van der Waals surface area (Å²) in [7, 11) is 1.58. The molecule has 0 aliphatic rings. The number of hydrogen-bond acceptors (Lipinski definition) is 4. The van der Waals surface area contributed by atoms with E-state index in [0.29, 0.717) is 11.4 Å². The zero-order chi connectivity index (χ0) is 14.2. The Labute approximate surface area is 115 Å². The molecule has 0 fully saturated rings. The van der Waals surface area contributed by atoms with Gasteiger partial charge < -0.3 is 9.84 Å². The third-order valence-electron chi connectivity index (χ3n) is 2.81. The third kappa shape index (κ3) is 2.46. The first kappa shape index (κ1) is 13.5. The Morgan fingerprint density at radius 1 is 1.32 bits per heavy atom. The highest BCUT2D eigenvalue weighted by molar-refractivity contribution is 7.14. The fraction of sp³-hybridized carbons (Fsp3) is 0.286. The van der Waals surface area contributed by atoms with E-state index in [4.69, 9.17) is 4.74 Å². The maximum absolute atomic E-state index is 11.3. The van der Waals surface area contributed by atoms with E-state index < -0.39 is 5.97 Å². The van der Waals surface area contributed by atoms with Crippen molar-refractivity contribution in [2.75, 3.05) is 7.11 Å². The number of aryl methyl sites for hydroxylation is 3. The molecule has 0 bridgehead atoms. The third-order valence-corrected chi connectivity index (χ3v) is 3.77. The van der Waals surface area contributed by atoms with Crippen LogP contribution in [0.1, 0.15) is 25.8 Å². The molecule has 0 atom stereocenters. The lowest BCUT2D eigenvalue weighted by Gasteiger charge is -2.11. The molecule has 100 valence electrons. The predicted molar refractivity (Wildman–Crippen MR) is 75.3 cm³/mol. The summed E-state index contributed by atoms with van der Waals surface area (Å²) in [5, 5.41) is 10.0. The summed E-state index contributed by atoms with van der Waals surface area (Å²) in [6.07, 6.45) is 0. The van der Waals surface area contributed by atoms with Crippen molar-refractivity contribution in [1.29, 1.82) is 0 Å². The Hall–Kier alpha value is -1.88. The number of rotatable bonds is 3. The maximum Gasteiger partial charge on any atom is 0.348 e. The molecule has 0 unspecified atom stereocenters. The van der Waals surface area contributed by atoms with Crippen molar-refractivity contribution in [3.05, 3.63) is 33.1 Å². The minimum absolute atomic E-state index is 0.251. The highest BCUT2D eigenvalue weighted by atomic mass is 32.1. The molecule has 0 amide bonds. The first-order chi connectivity index (χ1) is 8.93. The van der Waals surface area contributed by atoms with Gasteiger partial charge in [0.2, 0.25) is 0 Å². The minimum Gasteiger partial charge on any atom is -0.496 e. The fourth-order valence-corrected chi connectivity index (χ4v) is 2.93. The lowest BCUT2D eigenvalue weighted by atomic mass is 10.0. The molecule has 5 heteroatoms. The largest absolute Gasteiger partial charge is 0.496 e. The molecule has 2 rings (SSSR count). The standard InChI is InChI=1S/C14H15NO3S/c1-7-5-8(2)12(18-4)10(6-7)11-13(14(16)17)19-9(3)15-11/h5-6H,1-4H3,(H,16,17). The second kappa shape index (κ2) is 5.01. The number of nitrogens with zero attached hydrogens (tertiary/aromatic N) is 1. The molecule has 1 aromatic heterocycles. The SMILES string of the molecule is COc1c(C)cc(C)cc1-c1nc(C)sc1C(=O)O. The van der Waals surface area contributed by atoms with Gasteiger partial charge >= 0.3 is 5.97 Å². The van der Waals surface area contributed by atoms with Crippen molar-refractivity contribution in [2.24, 2.45) is 0 Å². The van der Waals surface area contributed by atoms with E-state index in [1.807, 2.05) is 26.0 Å². The Bertz CT molecular complexity index is 646. The van der Waals surface area contributed by atoms with Crippen LogP contribution in [0.25, 0.3) is 11.3 Å². The summed E-state index contributed by atoms with van der Waals surface area (Å²) in [6.45, 7) is 5.71. The van der Waals surface area contributed by atoms with E-state index in [9.17, 15) is 9.90 Å². The molecule has 0 saturated carbocycles. The molecular weight excluding hydrogens is 262 g/mol. The molecule has 1 heterocycles. The summed E-state index contributed by atoms with van der Waals surface area (Å²) in [6, 6.07) is 3.91. The molecule has 19 heavy (non-hydrogen) atoms. The molecule has 0 radical (unpaired) electrons. The Balaban J connectivity index is 2.74. The van der Waals surface area contributed by atoms with Crippen molar-refractivity contribution in [1.82, 2.24) is 4.98 Å². The van der Waals surface area contributed by atoms with Gasteiger partial charge in [0.1, 0.15) is 10.6 Å². The van der Waals surface area contributed by atoms with Gasteiger partial charge in [-0.05, 0) is 38.0 Å². The number of thiazole rings is 1. The maximum atomic E-state index is 11.3. The molecule has 4 nitrogen and oxygen atoms in total. The van der Waals surface area contributed by atoms with Crippen molar-refractivity contribution in [2.45, 2.75) is 20.8 Å². The monoisotopic (exact) mass is 277 g/mol. The average Bonchev–Trinajstić information content (AvgIpc) is 2.70. The second-order valence-corrected chi connectivity index (χ2v) is 5.58. The highest BCUT2D eigenvalue weighted by Gasteiger charge is 2.21. The van der Waals surface area contributed by atoms with Crippen molar-refractivity contribution < 1.29 is 14.6 Å². The quantitative estimate of drug-likeness (QED) is 0.933. The lowest BCUT2D eigenvalue weighted by molar-refractivity contribution is 0.0702. The van der Waals surface area contributed by atoms with Gasteiger partial charge in [-0.1, -0.05) is 6.07 Å². The first-order valence-electron chi connectivity index (χ1n) is 5.80. The number of ether oxygens (including phenoxy) is 1. The molecular formula is C14H15NO3S. The molecule has 0 saturated heterocycles. The number of benzene rings is 1. The number of carboxylic acid groups (broad SMARTS) is 1. The topological polar surface area (TPSA) is 59.4 Å². The summed E-state index contributed by atoms with van der Waals surface area (Å²) in [4.78, 5) is 15.9. The van der Waals surface area contributed by atoms with Gasteiger partial charge in [0, 0.05) is 5.56 Å². The number of carbonyl (C=O) groups is 1. The van der Waals surface area contributed by atoms with E-state index >= 15 is 0 Å². The van der Waals surface area contributed by atoms with Crippen molar-refractivity contribution >= 4 is 17.3 Å². The van der Waals surface area contributed by atoms with Gasteiger partial charge in [-0.25, -0.2) is 9.78 Å². The predicted octanol–water partition coefficient (Wildman–Crippen LogP) is 3.44. The van der Waals surface area contributed by atoms with E-state index in [1.165, 1.54) is 11.3 Å². The van der Waals surface area contributed by atoms with E-state index in [1.54, 1.807) is 14.0 Å². The van der Waals surface area contributed by atoms with Crippen LogP contribution in [0.15, 0.2) is 12.1 Å². The van der Waals surface area contributed by atoms with Crippen LogP contribution >= 0.6 is 11.3 Å². The van der Waals surface area contributed by atoms with Crippen LogP contribution in [0, 0.1) is 20.8 Å². The number of aromatic nitrogens is 1. The Kier molecular flexibility index (Phi) is 3.57. The summed E-state index contributed by atoms with van der Waals surface area (Å²) >= 11 is 1.18. The van der Waals surface area contributed by atoms with Gasteiger partial charge in [0.05, 0.1) is 17.8 Å². The van der Waals surface area contributed by atoms with Gasteiger partial charge in [-0.3, -0.25) is 0 Å². The van der Waals surface area contributed by atoms with E-state index in [2.05, 4.69) is 4.98 Å². The van der Waals surface area contributed by atoms with Crippen molar-refractivity contribution in [3.8, 4) is 17.0 Å². The van der Waals surface area contributed by atoms with Crippen LogP contribution < -0.4 is 4.74 Å². The molecule has 1 N–H and O–H groups in total. The van der Waals surface area contributed by atoms with Crippen LogP contribution in [0.3, 0.4) is 0 Å². The van der Waals surface area contributed by atoms with Gasteiger partial charge in [0.15, 0.2) is 0 Å². The number of hydrogen-bond donors (Lipinski definition) is 1. The van der Waals surface area contributed by atoms with Crippen LogP contribution in [0.5, 0.6) is 5.75 Å². The van der Waals surface area contributed by atoms with Crippen LogP contribution in [0.2, 0.25) is 0 Å². The zero-order valence-electron chi connectivity index (χ0n) is 11.3. The summed E-state index contributed by atoms with van der Waals surface area (Å²) in [5.74, 6) is -0.278. The Morgan fingerprint density at radius 3 is 2.58 bits per heavy atom. The molecule has 1 aromatic carbocycles. The zero-order valence-corrected chi connectivity index (χ0v) is 12.1. The molecule has 0 aliphatic carbocycles. The fourth-order valence-electron chi connectivity index (χ4n) is 2.16. The summed E-state index contributed by atoms with van der Waals surface area (Å²) < 4.78 is 5.40. The minimum atomic E-state index is -0.957. The Morgan fingerprint density at radius 2 is 2.00 bits per heavy atom. The second-order valence-electron chi connectivity index (χ2n) is 4.38. The van der Waals surface area contributed by atoms with Gasteiger partial charge in [-0.15, -0.1) is 11.3 Å². The first-order valence-corrected chi connectivity index (χ1v) is 6.62.